The lowest BCUT2D eigenvalue weighted by molar-refractivity contribution is 0.0557. The quantitative estimate of drug-likeness (QED) is 0.857. The number of nitrogens with zero attached hydrogens (tertiary/aromatic N) is 1. The molecule has 1 N–H and O–H groups in total. The summed E-state index contributed by atoms with van der Waals surface area (Å²) in [6.45, 7) is 9.44. The minimum atomic E-state index is -0.533. The third-order valence-electron chi connectivity index (χ3n) is 2.87. The minimum Gasteiger partial charge on any atom is -0.443 e. The molecular weight excluding hydrogens is 254 g/mol. The molecule has 1 aliphatic rings. The molecule has 1 aliphatic heterocycles. The molecule has 1 heterocycles. The highest BCUT2D eigenvalue weighted by molar-refractivity contribution is 5.91. The zero-order chi connectivity index (χ0) is 15.3. The molecule has 0 aliphatic carbocycles. The molecule has 112 valence electrons. The average molecular weight is 279 g/mol. The van der Waals surface area contributed by atoms with Gasteiger partial charge in [-0.25, -0.2) is 4.79 Å². The highest BCUT2D eigenvalue weighted by Crippen LogP contribution is 2.33. The van der Waals surface area contributed by atoms with Gasteiger partial charge in [-0.05, 0) is 38.8 Å². The maximum atomic E-state index is 12.2. The number of ether oxygens (including phenoxy) is 1. The monoisotopic (exact) mass is 279 g/mol. The second-order valence-corrected chi connectivity index (χ2v) is 5.52. The summed E-state index contributed by atoms with van der Waals surface area (Å²) in [6.07, 6.45) is 0.276. The van der Waals surface area contributed by atoms with Crippen molar-refractivity contribution in [1.29, 1.82) is 0 Å². The Bertz CT molecular complexity index is 451. The summed E-state index contributed by atoms with van der Waals surface area (Å²) in [5.41, 5.74) is 1.38. The van der Waals surface area contributed by atoms with Gasteiger partial charge in [0.1, 0.15) is 5.60 Å². The standard InChI is InChI=1S/C14H19NO3.C2H6/c1-14(2,3)18-13(17)15-11(9-16)8-10-6-4-5-7-12(10)15;1-2/h4-7,11,16H,8-9H2,1-3H3;1-2H3. The lowest BCUT2D eigenvalue weighted by Crippen LogP contribution is -2.43. The normalized spacial score (nSPS) is 17.1. The predicted octanol–water partition coefficient (Wildman–Crippen LogP) is 3.37. The smallest absolute Gasteiger partial charge is 0.415 e. The number of carbonyl (C=O) groups is 1. The number of para-hydroxylation sites is 1. The summed E-state index contributed by atoms with van der Waals surface area (Å²) >= 11 is 0. The van der Waals surface area contributed by atoms with E-state index in [0.29, 0.717) is 6.42 Å². The Morgan fingerprint density at radius 3 is 2.50 bits per heavy atom. The zero-order valence-corrected chi connectivity index (χ0v) is 13.0. The number of rotatable bonds is 1. The highest BCUT2D eigenvalue weighted by atomic mass is 16.6. The Morgan fingerprint density at radius 2 is 1.95 bits per heavy atom. The van der Waals surface area contributed by atoms with Crippen molar-refractivity contribution in [3.8, 4) is 0 Å². The number of benzene rings is 1. The molecule has 0 radical (unpaired) electrons. The van der Waals surface area contributed by atoms with Crippen LogP contribution in [-0.4, -0.2) is 29.4 Å². The molecule has 0 saturated heterocycles. The van der Waals surface area contributed by atoms with Crippen molar-refractivity contribution in [2.24, 2.45) is 0 Å². The molecule has 0 fully saturated rings. The van der Waals surface area contributed by atoms with Gasteiger partial charge in [0.15, 0.2) is 0 Å². The molecule has 2 rings (SSSR count). The van der Waals surface area contributed by atoms with Crippen molar-refractivity contribution < 1.29 is 14.6 Å². The van der Waals surface area contributed by atoms with E-state index in [1.807, 2.05) is 58.9 Å². The summed E-state index contributed by atoms with van der Waals surface area (Å²) < 4.78 is 5.39. The summed E-state index contributed by atoms with van der Waals surface area (Å²) in [4.78, 5) is 13.7. The third kappa shape index (κ3) is 3.73. The van der Waals surface area contributed by atoms with Gasteiger partial charge in [-0.2, -0.15) is 0 Å². The van der Waals surface area contributed by atoms with Crippen LogP contribution in [0.4, 0.5) is 10.5 Å². The lowest BCUT2D eigenvalue weighted by Gasteiger charge is -2.28. The topological polar surface area (TPSA) is 49.8 Å². The van der Waals surface area contributed by atoms with Crippen LogP contribution in [0.15, 0.2) is 24.3 Å². The van der Waals surface area contributed by atoms with Gasteiger partial charge in [0.25, 0.3) is 0 Å². The number of hydrogen-bond acceptors (Lipinski definition) is 3. The first-order valence-electron chi connectivity index (χ1n) is 7.13. The van der Waals surface area contributed by atoms with Crippen molar-refractivity contribution >= 4 is 11.8 Å². The van der Waals surface area contributed by atoms with Gasteiger partial charge in [0.2, 0.25) is 0 Å². The van der Waals surface area contributed by atoms with Crippen LogP contribution in [0.25, 0.3) is 0 Å². The summed E-state index contributed by atoms with van der Waals surface area (Å²) in [6, 6.07) is 7.45. The van der Waals surface area contributed by atoms with Crippen molar-refractivity contribution in [2.75, 3.05) is 11.5 Å². The fraction of sp³-hybridized carbons (Fsp3) is 0.562. The van der Waals surface area contributed by atoms with E-state index in [9.17, 15) is 9.90 Å². The van der Waals surface area contributed by atoms with Crippen molar-refractivity contribution in [3.63, 3.8) is 0 Å². The lowest BCUT2D eigenvalue weighted by atomic mass is 10.1. The Morgan fingerprint density at radius 1 is 1.35 bits per heavy atom. The molecule has 1 atom stereocenters. The molecule has 0 aromatic heterocycles. The van der Waals surface area contributed by atoms with Gasteiger partial charge in [0.05, 0.1) is 18.3 Å². The van der Waals surface area contributed by atoms with E-state index >= 15 is 0 Å². The molecule has 0 saturated carbocycles. The number of aliphatic hydroxyl groups is 1. The van der Waals surface area contributed by atoms with Crippen LogP contribution in [0.1, 0.15) is 40.2 Å². The van der Waals surface area contributed by atoms with Gasteiger partial charge in [-0.15, -0.1) is 0 Å². The molecule has 1 aromatic rings. The summed E-state index contributed by atoms with van der Waals surface area (Å²) in [5, 5.41) is 9.41. The summed E-state index contributed by atoms with van der Waals surface area (Å²) in [5.74, 6) is 0. The van der Waals surface area contributed by atoms with Crippen LogP contribution in [0.2, 0.25) is 0 Å². The number of hydrogen-bond donors (Lipinski definition) is 1. The zero-order valence-electron chi connectivity index (χ0n) is 13.0. The fourth-order valence-corrected chi connectivity index (χ4v) is 2.17. The molecule has 0 bridgehead atoms. The molecule has 4 heteroatoms. The van der Waals surface area contributed by atoms with Gasteiger partial charge >= 0.3 is 6.09 Å². The number of anilines is 1. The molecule has 1 aromatic carbocycles. The van der Waals surface area contributed by atoms with Crippen molar-refractivity contribution in [3.05, 3.63) is 29.8 Å². The number of aliphatic hydroxyl groups excluding tert-OH is 1. The van der Waals surface area contributed by atoms with E-state index in [1.165, 1.54) is 0 Å². The van der Waals surface area contributed by atoms with Gasteiger partial charge < -0.3 is 9.84 Å². The molecular formula is C16H25NO3. The first kappa shape index (κ1) is 16.5. The van der Waals surface area contributed by atoms with Crippen LogP contribution in [0, 0.1) is 0 Å². The first-order valence-corrected chi connectivity index (χ1v) is 7.13. The van der Waals surface area contributed by atoms with Crippen molar-refractivity contribution in [2.45, 2.75) is 52.7 Å². The molecule has 1 unspecified atom stereocenters. The molecule has 4 nitrogen and oxygen atoms in total. The van der Waals surface area contributed by atoms with E-state index < -0.39 is 11.7 Å². The second kappa shape index (κ2) is 6.75. The summed E-state index contributed by atoms with van der Waals surface area (Å²) in [7, 11) is 0. The Balaban J connectivity index is 0.000000956. The number of amides is 1. The number of carbonyl (C=O) groups excluding carboxylic acids is 1. The van der Waals surface area contributed by atoms with Crippen LogP contribution in [-0.2, 0) is 11.2 Å². The average Bonchev–Trinajstić information content (AvgIpc) is 2.77. The Hall–Kier alpha value is -1.55. The van der Waals surface area contributed by atoms with Gasteiger partial charge in [-0.3, -0.25) is 4.90 Å². The molecule has 20 heavy (non-hydrogen) atoms. The predicted molar refractivity (Wildman–Crippen MR) is 81.1 cm³/mol. The van der Waals surface area contributed by atoms with E-state index in [2.05, 4.69) is 0 Å². The van der Waals surface area contributed by atoms with Gasteiger partial charge in [-0.1, -0.05) is 32.0 Å². The number of fused-ring (bicyclic) bond motifs is 1. The van der Waals surface area contributed by atoms with Crippen LogP contribution >= 0.6 is 0 Å². The maximum absolute atomic E-state index is 12.2. The third-order valence-corrected chi connectivity index (χ3v) is 2.87. The van der Waals surface area contributed by atoms with E-state index in [4.69, 9.17) is 4.74 Å². The van der Waals surface area contributed by atoms with Crippen LogP contribution in [0.3, 0.4) is 0 Å². The van der Waals surface area contributed by atoms with E-state index in [0.717, 1.165) is 11.3 Å². The van der Waals surface area contributed by atoms with Crippen molar-refractivity contribution in [1.82, 2.24) is 0 Å². The highest BCUT2D eigenvalue weighted by Gasteiger charge is 2.35. The Kier molecular flexibility index (Phi) is 5.57. The molecule has 0 spiro atoms. The van der Waals surface area contributed by atoms with Gasteiger partial charge in [0, 0.05) is 0 Å². The Labute approximate surface area is 121 Å². The van der Waals surface area contributed by atoms with E-state index in [1.54, 1.807) is 4.90 Å². The largest absolute Gasteiger partial charge is 0.443 e. The molecule has 1 amide bonds. The minimum absolute atomic E-state index is 0.0616. The first-order chi connectivity index (χ1) is 9.42. The van der Waals surface area contributed by atoms with E-state index in [-0.39, 0.29) is 12.6 Å². The second-order valence-electron chi connectivity index (χ2n) is 5.52. The maximum Gasteiger partial charge on any atom is 0.415 e. The van der Waals surface area contributed by atoms with Crippen LogP contribution in [0.5, 0.6) is 0 Å². The van der Waals surface area contributed by atoms with Crippen LogP contribution < -0.4 is 4.90 Å². The fourth-order valence-electron chi connectivity index (χ4n) is 2.17. The SMILES string of the molecule is CC.CC(C)(C)OC(=O)N1c2ccccc2CC1CO.